The standard InChI is InChI=1S/C23H27N5O2/c24-22(29)18-8-6-17(7-9-18)14-26-23-27-20(19-10-11-30-15-19)12-21(28-23)25-13-16-4-2-1-3-5-16/h1-5,10-12,15,17-18H,6-9,13-14H2,(H2,24,29)(H2,25,26,27,28). The quantitative estimate of drug-likeness (QED) is 0.522. The molecular weight excluding hydrogens is 378 g/mol. The number of nitrogens with zero attached hydrogens (tertiary/aromatic N) is 2. The number of hydrogen-bond acceptors (Lipinski definition) is 6. The van der Waals surface area contributed by atoms with Gasteiger partial charge in [-0.2, -0.15) is 4.98 Å². The summed E-state index contributed by atoms with van der Waals surface area (Å²) in [5.74, 6) is 1.68. The summed E-state index contributed by atoms with van der Waals surface area (Å²) >= 11 is 0. The molecule has 30 heavy (non-hydrogen) atoms. The second-order valence-corrected chi connectivity index (χ2v) is 7.81. The lowest BCUT2D eigenvalue weighted by atomic mass is 9.82. The van der Waals surface area contributed by atoms with Crippen molar-refractivity contribution in [2.24, 2.45) is 17.6 Å². The van der Waals surface area contributed by atoms with Crippen molar-refractivity contribution in [3.8, 4) is 11.3 Å². The topological polar surface area (TPSA) is 106 Å². The zero-order valence-corrected chi connectivity index (χ0v) is 16.9. The van der Waals surface area contributed by atoms with E-state index in [1.165, 1.54) is 5.56 Å². The number of benzene rings is 1. The van der Waals surface area contributed by atoms with Crippen molar-refractivity contribution in [3.63, 3.8) is 0 Å². The summed E-state index contributed by atoms with van der Waals surface area (Å²) in [5, 5.41) is 6.78. The van der Waals surface area contributed by atoms with E-state index in [0.29, 0.717) is 18.4 Å². The Kier molecular flexibility index (Phi) is 6.27. The molecule has 1 fully saturated rings. The Bertz CT molecular complexity index is 951. The highest BCUT2D eigenvalue weighted by atomic mass is 16.3. The van der Waals surface area contributed by atoms with Gasteiger partial charge in [-0.1, -0.05) is 30.3 Å². The number of aromatic nitrogens is 2. The van der Waals surface area contributed by atoms with E-state index < -0.39 is 0 Å². The minimum atomic E-state index is -0.174. The summed E-state index contributed by atoms with van der Waals surface area (Å²) < 4.78 is 5.22. The number of carbonyl (C=O) groups excluding carboxylic acids is 1. The van der Waals surface area contributed by atoms with E-state index in [9.17, 15) is 4.79 Å². The molecule has 1 aliphatic rings. The van der Waals surface area contributed by atoms with E-state index in [2.05, 4.69) is 32.7 Å². The first-order valence-electron chi connectivity index (χ1n) is 10.4. The number of furan rings is 1. The molecule has 4 rings (SSSR count). The van der Waals surface area contributed by atoms with Crippen LogP contribution in [0.5, 0.6) is 0 Å². The predicted octanol–water partition coefficient (Wildman–Crippen LogP) is 4.05. The molecule has 0 atom stereocenters. The molecule has 1 amide bonds. The van der Waals surface area contributed by atoms with Crippen LogP contribution in [0.3, 0.4) is 0 Å². The van der Waals surface area contributed by atoms with Crippen LogP contribution in [0, 0.1) is 11.8 Å². The minimum absolute atomic E-state index is 0.0238. The molecule has 4 N–H and O–H groups in total. The molecule has 0 bridgehead atoms. The summed E-state index contributed by atoms with van der Waals surface area (Å²) in [6.45, 7) is 1.46. The second kappa shape index (κ2) is 9.43. The fourth-order valence-electron chi connectivity index (χ4n) is 3.85. The molecule has 2 aromatic heterocycles. The van der Waals surface area contributed by atoms with Gasteiger partial charge in [0.2, 0.25) is 11.9 Å². The van der Waals surface area contributed by atoms with Gasteiger partial charge < -0.3 is 20.8 Å². The molecule has 0 radical (unpaired) electrons. The highest BCUT2D eigenvalue weighted by molar-refractivity contribution is 5.76. The van der Waals surface area contributed by atoms with Gasteiger partial charge in [-0.3, -0.25) is 4.79 Å². The lowest BCUT2D eigenvalue weighted by Gasteiger charge is -2.26. The fourth-order valence-corrected chi connectivity index (χ4v) is 3.85. The number of rotatable bonds is 8. The van der Waals surface area contributed by atoms with E-state index >= 15 is 0 Å². The molecule has 7 nitrogen and oxygen atoms in total. The summed E-state index contributed by atoms with van der Waals surface area (Å²) in [6.07, 6.45) is 7.02. The van der Waals surface area contributed by atoms with Gasteiger partial charge in [-0.15, -0.1) is 0 Å². The van der Waals surface area contributed by atoms with Crippen LogP contribution in [-0.4, -0.2) is 22.4 Å². The second-order valence-electron chi connectivity index (χ2n) is 7.81. The smallest absolute Gasteiger partial charge is 0.225 e. The van der Waals surface area contributed by atoms with E-state index in [1.807, 2.05) is 30.3 Å². The van der Waals surface area contributed by atoms with E-state index in [-0.39, 0.29) is 11.8 Å². The number of amides is 1. The third-order valence-electron chi connectivity index (χ3n) is 5.66. The van der Waals surface area contributed by atoms with Crippen LogP contribution in [0.4, 0.5) is 11.8 Å². The average Bonchev–Trinajstić information content (AvgIpc) is 3.32. The van der Waals surface area contributed by atoms with Crippen molar-refractivity contribution >= 4 is 17.7 Å². The van der Waals surface area contributed by atoms with Crippen LogP contribution in [0.1, 0.15) is 31.2 Å². The SMILES string of the molecule is NC(=O)C1CCC(CNc2nc(NCc3ccccc3)cc(-c3ccoc3)n2)CC1. The fraction of sp³-hybridized carbons (Fsp3) is 0.348. The van der Waals surface area contributed by atoms with Gasteiger partial charge >= 0.3 is 0 Å². The van der Waals surface area contributed by atoms with E-state index in [0.717, 1.165) is 49.3 Å². The summed E-state index contributed by atoms with van der Waals surface area (Å²) in [4.78, 5) is 20.7. The first-order chi connectivity index (χ1) is 14.7. The predicted molar refractivity (Wildman–Crippen MR) is 117 cm³/mol. The molecule has 3 aromatic rings. The van der Waals surface area contributed by atoms with Gasteiger partial charge in [-0.05, 0) is 43.2 Å². The molecule has 0 unspecified atom stereocenters. The number of nitrogens with two attached hydrogens (primary N) is 1. The number of primary amides is 1. The Morgan fingerprint density at radius 3 is 2.57 bits per heavy atom. The third-order valence-corrected chi connectivity index (χ3v) is 5.66. The van der Waals surface area contributed by atoms with Crippen LogP contribution in [0.15, 0.2) is 59.4 Å². The average molecular weight is 406 g/mol. The molecule has 0 saturated heterocycles. The van der Waals surface area contributed by atoms with Crippen molar-refractivity contribution in [2.75, 3.05) is 17.2 Å². The lowest BCUT2D eigenvalue weighted by molar-refractivity contribution is -0.122. The molecule has 1 aromatic carbocycles. The first kappa shape index (κ1) is 19.9. The molecule has 7 heteroatoms. The normalized spacial score (nSPS) is 18.7. The largest absolute Gasteiger partial charge is 0.472 e. The summed E-state index contributed by atoms with van der Waals surface area (Å²) in [6, 6.07) is 14.0. The van der Waals surface area contributed by atoms with Gasteiger partial charge in [0.05, 0.1) is 18.2 Å². The van der Waals surface area contributed by atoms with Crippen LogP contribution >= 0.6 is 0 Å². The van der Waals surface area contributed by atoms with Gasteiger partial charge in [0.15, 0.2) is 0 Å². The first-order valence-corrected chi connectivity index (χ1v) is 10.4. The molecular formula is C23H27N5O2. The number of anilines is 2. The van der Waals surface area contributed by atoms with Crippen molar-refractivity contribution in [2.45, 2.75) is 32.2 Å². The molecule has 1 aliphatic carbocycles. The Labute approximate surface area is 176 Å². The van der Waals surface area contributed by atoms with Gasteiger partial charge in [0.1, 0.15) is 5.82 Å². The van der Waals surface area contributed by atoms with Gasteiger partial charge in [-0.25, -0.2) is 4.98 Å². The van der Waals surface area contributed by atoms with Crippen LogP contribution in [0.2, 0.25) is 0 Å². The van der Waals surface area contributed by atoms with Crippen molar-refractivity contribution in [3.05, 3.63) is 60.6 Å². The summed E-state index contributed by atoms with van der Waals surface area (Å²) in [5.41, 5.74) is 8.33. The van der Waals surface area contributed by atoms with Crippen molar-refractivity contribution in [1.29, 1.82) is 0 Å². The van der Waals surface area contributed by atoms with Gasteiger partial charge in [0.25, 0.3) is 0 Å². The maximum atomic E-state index is 11.4. The zero-order valence-electron chi connectivity index (χ0n) is 16.9. The Morgan fingerprint density at radius 1 is 1.07 bits per heavy atom. The highest BCUT2D eigenvalue weighted by Crippen LogP contribution is 2.29. The van der Waals surface area contributed by atoms with Gasteiger partial charge in [0, 0.05) is 30.6 Å². The minimum Gasteiger partial charge on any atom is -0.472 e. The zero-order chi connectivity index (χ0) is 20.8. The molecule has 0 aliphatic heterocycles. The Balaban J connectivity index is 1.43. The van der Waals surface area contributed by atoms with Crippen LogP contribution in [-0.2, 0) is 11.3 Å². The van der Waals surface area contributed by atoms with Crippen LogP contribution in [0.25, 0.3) is 11.3 Å². The van der Waals surface area contributed by atoms with E-state index in [4.69, 9.17) is 10.2 Å². The maximum Gasteiger partial charge on any atom is 0.225 e. The van der Waals surface area contributed by atoms with Crippen molar-refractivity contribution in [1.82, 2.24) is 9.97 Å². The molecule has 156 valence electrons. The molecule has 2 heterocycles. The lowest BCUT2D eigenvalue weighted by Crippen LogP contribution is -2.29. The monoisotopic (exact) mass is 405 g/mol. The number of nitrogens with one attached hydrogen (secondary N) is 2. The number of carbonyl (C=O) groups is 1. The third kappa shape index (κ3) is 5.17. The maximum absolute atomic E-state index is 11.4. The van der Waals surface area contributed by atoms with Crippen molar-refractivity contribution < 1.29 is 9.21 Å². The number of hydrogen-bond donors (Lipinski definition) is 3. The highest BCUT2D eigenvalue weighted by Gasteiger charge is 2.24. The Morgan fingerprint density at radius 2 is 1.87 bits per heavy atom. The van der Waals surface area contributed by atoms with Crippen LogP contribution < -0.4 is 16.4 Å². The Hall–Kier alpha value is -3.35. The van der Waals surface area contributed by atoms with E-state index in [1.54, 1.807) is 12.5 Å². The molecule has 1 saturated carbocycles. The molecule has 0 spiro atoms. The summed E-state index contributed by atoms with van der Waals surface area (Å²) in [7, 11) is 0.